The van der Waals surface area contributed by atoms with Gasteiger partial charge in [-0.3, -0.25) is 11.4 Å². The molecule has 0 aliphatic heterocycles. The molecule has 0 aromatic heterocycles. The van der Waals surface area contributed by atoms with Crippen molar-refractivity contribution in [1.29, 1.82) is 0 Å². The molecule has 0 heterocycles. The van der Waals surface area contributed by atoms with E-state index in [9.17, 15) is 0 Å². The predicted octanol–water partition coefficient (Wildman–Crippen LogP) is 0.694. The van der Waals surface area contributed by atoms with Gasteiger partial charge in [0.15, 0.2) is 0 Å². The first-order valence-electron chi connectivity index (χ1n) is 1.34. The Hall–Kier alpha value is -0.128. The summed E-state index contributed by atoms with van der Waals surface area (Å²) in [4.78, 5) is 9.00. The Kier molecular flexibility index (Phi) is 38.2. The standard InChI is InChI=1S/C2H4O2.C2H3.Pd/c1-2(3)4;1-2;/h1H3,(H,3,4);1H,2H2;/q;-1;. The molecular weight excluding hydrogens is 186 g/mol. The monoisotopic (exact) mass is 193 g/mol. The molecule has 0 amide bonds. The van der Waals surface area contributed by atoms with Gasteiger partial charge in [0.1, 0.15) is 0 Å². The predicted molar refractivity (Wildman–Crippen MR) is 23.2 cm³/mol. The van der Waals surface area contributed by atoms with E-state index in [-0.39, 0.29) is 20.4 Å². The summed E-state index contributed by atoms with van der Waals surface area (Å²) < 4.78 is 0. The largest absolute Gasteiger partial charge is 0.521 e. The van der Waals surface area contributed by atoms with Crippen molar-refractivity contribution in [3.8, 4) is 0 Å². The first kappa shape index (κ1) is 15.8. The third kappa shape index (κ3) is 5400. The van der Waals surface area contributed by atoms with Gasteiger partial charge in [0.25, 0.3) is 5.97 Å². The zero-order chi connectivity index (χ0) is 5.58. The van der Waals surface area contributed by atoms with Gasteiger partial charge in [0, 0.05) is 27.3 Å². The van der Waals surface area contributed by atoms with Gasteiger partial charge in [-0.05, 0) is 0 Å². The zero-order valence-corrected chi connectivity index (χ0v) is 5.51. The molecule has 7 heavy (non-hydrogen) atoms. The van der Waals surface area contributed by atoms with Gasteiger partial charge in [-0.25, -0.2) is 0 Å². The Morgan fingerprint density at radius 3 is 1.71 bits per heavy atom. The van der Waals surface area contributed by atoms with Crippen LogP contribution in [0.2, 0.25) is 0 Å². The summed E-state index contributed by atoms with van der Waals surface area (Å²) in [5.41, 5.74) is 0. The molecule has 0 radical (unpaired) electrons. The Labute approximate surface area is 56.9 Å². The van der Waals surface area contributed by atoms with Crippen LogP contribution in [-0.2, 0) is 25.2 Å². The fraction of sp³-hybridized carbons (Fsp3) is 0.250. The molecule has 0 fully saturated rings. The van der Waals surface area contributed by atoms with E-state index in [2.05, 4.69) is 13.2 Å². The van der Waals surface area contributed by atoms with Gasteiger partial charge in [0.05, 0.1) is 0 Å². The summed E-state index contributed by atoms with van der Waals surface area (Å²) in [6, 6.07) is 0. The molecule has 3 heteroatoms. The van der Waals surface area contributed by atoms with Crippen molar-refractivity contribution in [1.82, 2.24) is 0 Å². The average molecular weight is 194 g/mol. The topological polar surface area (TPSA) is 37.3 Å². The molecule has 0 aliphatic rings. The molecule has 46 valence electrons. The number of carbonyl (C=O) groups is 1. The number of carboxylic acids is 1. The summed E-state index contributed by atoms with van der Waals surface area (Å²) in [5.74, 6) is -0.833. The number of hydrogen-bond acceptors (Lipinski definition) is 1. The Bertz CT molecular complexity index is 41.0. The fourth-order valence-electron chi connectivity index (χ4n) is 0. The molecule has 0 aromatic rings. The minimum atomic E-state index is -0.833. The second-order valence-electron chi connectivity index (χ2n) is 0.519. The van der Waals surface area contributed by atoms with Gasteiger partial charge in [-0.2, -0.15) is 0 Å². The second-order valence-corrected chi connectivity index (χ2v) is 0.519. The van der Waals surface area contributed by atoms with Crippen LogP contribution in [-0.4, -0.2) is 11.1 Å². The number of carboxylic acid groups (broad SMARTS) is 1. The fourth-order valence-corrected chi connectivity index (χ4v) is 0. The Morgan fingerprint density at radius 2 is 1.71 bits per heavy atom. The summed E-state index contributed by atoms with van der Waals surface area (Å²) >= 11 is 0. The normalized spacial score (nSPS) is 4.14. The molecule has 0 atom stereocenters. The first-order chi connectivity index (χ1) is 2.73. The molecule has 2 nitrogen and oxygen atoms in total. The minimum Gasteiger partial charge on any atom is -0.521 e. The minimum absolute atomic E-state index is 0. The second kappa shape index (κ2) is 16.9. The van der Waals surface area contributed by atoms with Gasteiger partial charge < -0.3 is 11.7 Å². The molecule has 0 aromatic carbocycles. The van der Waals surface area contributed by atoms with Crippen LogP contribution >= 0.6 is 0 Å². The molecule has 0 unspecified atom stereocenters. The molecule has 0 saturated heterocycles. The van der Waals surface area contributed by atoms with Crippen LogP contribution in [0, 0.1) is 6.58 Å². The smallest absolute Gasteiger partial charge is 0.300 e. The van der Waals surface area contributed by atoms with Crippen LogP contribution in [0.4, 0.5) is 0 Å². The maximum Gasteiger partial charge on any atom is 0.300 e. The zero-order valence-electron chi connectivity index (χ0n) is 3.96. The van der Waals surface area contributed by atoms with Crippen LogP contribution in [0.1, 0.15) is 6.92 Å². The van der Waals surface area contributed by atoms with E-state index < -0.39 is 5.97 Å². The van der Waals surface area contributed by atoms with E-state index in [1.165, 1.54) is 0 Å². The number of rotatable bonds is 0. The molecule has 0 bridgehead atoms. The Morgan fingerprint density at radius 1 is 1.71 bits per heavy atom. The van der Waals surface area contributed by atoms with E-state index >= 15 is 0 Å². The number of aliphatic carboxylic acids is 1. The van der Waals surface area contributed by atoms with Crippen LogP contribution in [0.15, 0.2) is 6.58 Å². The summed E-state index contributed by atoms with van der Waals surface area (Å²) in [6.07, 6.45) is 0. The molecule has 0 saturated carbocycles. The van der Waals surface area contributed by atoms with Gasteiger partial charge in [0.2, 0.25) is 0 Å². The summed E-state index contributed by atoms with van der Waals surface area (Å²) in [6.45, 7) is 8.08. The van der Waals surface area contributed by atoms with E-state index in [1.807, 2.05) is 0 Å². The van der Waals surface area contributed by atoms with Gasteiger partial charge in [-0.1, -0.05) is 0 Å². The maximum absolute atomic E-state index is 9.00. The third-order valence-corrected chi connectivity index (χ3v) is 0. The van der Waals surface area contributed by atoms with Crippen LogP contribution < -0.4 is 0 Å². The van der Waals surface area contributed by atoms with E-state index in [4.69, 9.17) is 9.90 Å². The molecule has 0 aliphatic carbocycles. The van der Waals surface area contributed by atoms with Gasteiger partial charge >= 0.3 is 0 Å². The third-order valence-electron chi connectivity index (χ3n) is 0. The first-order valence-corrected chi connectivity index (χ1v) is 1.34. The number of hydrogen-bond donors (Lipinski definition) is 1. The van der Waals surface area contributed by atoms with Crippen molar-refractivity contribution in [3.63, 3.8) is 0 Å². The average Bonchev–Trinajstić information content (AvgIpc) is 1.41. The quantitative estimate of drug-likeness (QED) is 0.454. The molecular formula is C4H7O2Pd-. The SMILES string of the molecule is CC(=O)O.[CH-]=C.[Pd]. The van der Waals surface area contributed by atoms with Crippen molar-refractivity contribution >= 4 is 5.97 Å². The van der Waals surface area contributed by atoms with Crippen molar-refractivity contribution in [2.24, 2.45) is 0 Å². The van der Waals surface area contributed by atoms with E-state index in [1.54, 1.807) is 0 Å². The van der Waals surface area contributed by atoms with Gasteiger partial charge in [-0.15, -0.1) is 0 Å². The Balaban J connectivity index is -0.0000000480. The van der Waals surface area contributed by atoms with Crippen molar-refractivity contribution in [2.75, 3.05) is 0 Å². The maximum atomic E-state index is 9.00. The van der Waals surface area contributed by atoms with Crippen LogP contribution in [0.3, 0.4) is 0 Å². The summed E-state index contributed by atoms with van der Waals surface area (Å²) in [7, 11) is 0. The molecule has 0 spiro atoms. The van der Waals surface area contributed by atoms with E-state index in [0.29, 0.717) is 0 Å². The van der Waals surface area contributed by atoms with Crippen molar-refractivity contribution in [3.05, 3.63) is 13.2 Å². The van der Waals surface area contributed by atoms with Crippen LogP contribution in [0.5, 0.6) is 0 Å². The van der Waals surface area contributed by atoms with Crippen molar-refractivity contribution in [2.45, 2.75) is 6.92 Å². The molecule has 1 N–H and O–H groups in total. The summed E-state index contributed by atoms with van der Waals surface area (Å²) in [5, 5.41) is 7.42. The molecule has 0 rings (SSSR count). The van der Waals surface area contributed by atoms with E-state index in [0.717, 1.165) is 6.92 Å². The van der Waals surface area contributed by atoms with Crippen LogP contribution in [0.25, 0.3) is 0 Å². The van der Waals surface area contributed by atoms with Crippen molar-refractivity contribution < 1.29 is 30.3 Å².